The van der Waals surface area contributed by atoms with Crippen LogP contribution in [0.5, 0.6) is 0 Å². The van der Waals surface area contributed by atoms with Crippen LogP contribution in [-0.2, 0) is 5.41 Å². The quantitative estimate of drug-likeness (QED) is 0.520. The van der Waals surface area contributed by atoms with Crippen molar-refractivity contribution in [2.45, 2.75) is 74.1 Å². The van der Waals surface area contributed by atoms with Crippen molar-refractivity contribution < 1.29 is 0 Å². The molecule has 1 aliphatic rings. The van der Waals surface area contributed by atoms with E-state index in [0.29, 0.717) is 0 Å². The Hall–Kier alpha value is -1.30. The van der Waals surface area contributed by atoms with Crippen LogP contribution in [0, 0.1) is 17.8 Å². The predicted octanol–water partition coefficient (Wildman–Crippen LogP) is 7.08. The van der Waals surface area contributed by atoms with E-state index in [2.05, 4.69) is 92.7 Å². The van der Waals surface area contributed by atoms with Crippen LogP contribution in [0.15, 0.2) is 35.9 Å². The molecular weight excluding hydrogens is 276 g/mol. The van der Waals surface area contributed by atoms with E-state index in [9.17, 15) is 0 Å². The first-order valence-corrected chi connectivity index (χ1v) is 8.87. The first kappa shape index (κ1) is 18.0. The Morgan fingerprint density at radius 3 is 2.09 bits per heavy atom. The second-order valence-corrected chi connectivity index (χ2v) is 9.60. The third kappa shape index (κ3) is 3.47. The fourth-order valence-electron chi connectivity index (χ4n) is 3.16. The highest BCUT2D eigenvalue weighted by atomic mass is 14.4. The molecule has 1 unspecified atom stereocenters. The summed E-state index contributed by atoms with van der Waals surface area (Å²) in [7, 11) is 0. The molecule has 0 fully saturated rings. The zero-order valence-electron chi connectivity index (χ0n) is 16.6. The molecule has 0 bridgehead atoms. The molecule has 0 N–H and O–H groups in total. The smallest absolute Gasteiger partial charge is 0.00541 e. The highest BCUT2D eigenvalue weighted by Crippen LogP contribution is 2.49. The fourth-order valence-corrected chi connectivity index (χ4v) is 3.16. The van der Waals surface area contributed by atoms with Crippen LogP contribution in [0.3, 0.4) is 0 Å². The van der Waals surface area contributed by atoms with Crippen LogP contribution >= 0.6 is 0 Å². The third-order valence-corrected chi connectivity index (χ3v) is 5.83. The molecule has 1 aliphatic carbocycles. The van der Waals surface area contributed by atoms with Gasteiger partial charge in [0.25, 0.3) is 0 Å². The summed E-state index contributed by atoms with van der Waals surface area (Å²) in [5, 5.41) is 0. The molecule has 23 heavy (non-hydrogen) atoms. The van der Waals surface area contributed by atoms with Crippen LogP contribution in [0.2, 0.25) is 0 Å². The minimum atomic E-state index is 0.183. The maximum atomic E-state index is 2.54. The van der Waals surface area contributed by atoms with Crippen LogP contribution in [0.25, 0.3) is 5.57 Å². The fraction of sp³-hybridized carbons (Fsp3) is 0.565. The molecule has 0 amide bonds. The van der Waals surface area contributed by atoms with E-state index < -0.39 is 0 Å². The molecule has 126 valence electrons. The number of hydrogen-bond donors (Lipinski definition) is 0. The van der Waals surface area contributed by atoms with Gasteiger partial charge >= 0.3 is 0 Å². The maximum Gasteiger partial charge on any atom is -0.00541 e. The van der Waals surface area contributed by atoms with Crippen molar-refractivity contribution in [3.8, 4) is 0 Å². The average molecular weight is 311 g/mol. The van der Waals surface area contributed by atoms with E-state index in [4.69, 9.17) is 0 Å². The maximum absolute atomic E-state index is 2.54. The Kier molecular flexibility index (Phi) is 4.43. The van der Waals surface area contributed by atoms with Gasteiger partial charge < -0.3 is 0 Å². The molecule has 0 nitrogen and oxygen atoms in total. The lowest BCUT2D eigenvalue weighted by atomic mass is 9.62. The molecule has 1 aromatic rings. The van der Waals surface area contributed by atoms with Crippen molar-refractivity contribution in [2.75, 3.05) is 0 Å². The Balaban J connectivity index is 2.62. The molecule has 1 atom stereocenters. The molecule has 0 saturated carbocycles. The number of aryl methyl sites for hydroxylation is 1. The number of allylic oxidation sites excluding steroid dienone is 4. The van der Waals surface area contributed by atoms with E-state index in [1.54, 1.807) is 0 Å². The number of benzene rings is 1. The van der Waals surface area contributed by atoms with Crippen LogP contribution in [0.1, 0.15) is 78.5 Å². The van der Waals surface area contributed by atoms with Gasteiger partial charge in [-0.2, -0.15) is 0 Å². The minimum absolute atomic E-state index is 0.183. The van der Waals surface area contributed by atoms with Gasteiger partial charge in [0.05, 0.1) is 0 Å². The summed E-state index contributed by atoms with van der Waals surface area (Å²) in [6.07, 6.45) is 6.10. The van der Waals surface area contributed by atoms with Crippen molar-refractivity contribution in [2.24, 2.45) is 10.8 Å². The van der Waals surface area contributed by atoms with Gasteiger partial charge in [0.2, 0.25) is 0 Å². The van der Waals surface area contributed by atoms with E-state index >= 15 is 0 Å². The molecule has 0 heteroatoms. The summed E-state index contributed by atoms with van der Waals surface area (Å²) >= 11 is 0. The zero-order chi connectivity index (χ0) is 17.6. The average Bonchev–Trinajstić information content (AvgIpc) is 2.40. The van der Waals surface area contributed by atoms with E-state index in [0.717, 1.165) is 6.42 Å². The lowest BCUT2D eigenvalue weighted by molar-refractivity contribution is 0.170. The Bertz CT molecular complexity index is 656. The van der Waals surface area contributed by atoms with Crippen molar-refractivity contribution in [1.82, 2.24) is 0 Å². The SMILES string of the molecule is CC1=CCC(C)(C(C)(C)C)C=C1c1cc(C(C)(C)C)ccc1C. The van der Waals surface area contributed by atoms with Gasteiger partial charge in [-0.05, 0) is 64.3 Å². The van der Waals surface area contributed by atoms with E-state index in [1.165, 1.54) is 27.8 Å². The molecule has 0 heterocycles. The Labute approximate surface area is 143 Å². The standard InChI is InChI=1S/C23H34/c1-16-10-11-18(21(3,4)5)14-19(16)20-15-23(9,22(6,7)8)13-12-17(20)2/h10-12,14-15H,13H2,1-9H3. The van der Waals surface area contributed by atoms with Crippen molar-refractivity contribution in [1.29, 1.82) is 0 Å². The summed E-state index contributed by atoms with van der Waals surface area (Å²) in [6, 6.07) is 6.98. The van der Waals surface area contributed by atoms with Crippen molar-refractivity contribution >= 4 is 5.57 Å². The van der Waals surface area contributed by atoms with Gasteiger partial charge in [-0.25, -0.2) is 0 Å². The first-order valence-electron chi connectivity index (χ1n) is 8.87. The third-order valence-electron chi connectivity index (χ3n) is 5.83. The molecule has 0 aliphatic heterocycles. The van der Waals surface area contributed by atoms with Crippen LogP contribution in [-0.4, -0.2) is 0 Å². The summed E-state index contributed by atoms with van der Waals surface area (Å²) in [6.45, 7) is 20.8. The largest absolute Gasteiger partial charge is 0.0801 e. The highest BCUT2D eigenvalue weighted by Gasteiger charge is 2.37. The van der Waals surface area contributed by atoms with E-state index in [-0.39, 0.29) is 16.2 Å². The zero-order valence-corrected chi connectivity index (χ0v) is 16.6. The van der Waals surface area contributed by atoms with Crippen molar-refractivity contribution in [3.63, 3.8) is 0 Å². The summed E-state index contributed by atoms with van der Waals surface area (Å²) in [4.78, 5) is 0. The molecular formula is C23H34. The minimum Gasteiger partial charge on any atom is -0.0801 e. The van der Waals surface area contributed by atoms with Gasteiger partial charge in [0.15, 0.2) is 0 Å². The molecule has 0 aromatic heterocycles. The lowest BCUT2D eigenvalue weighted by Crippen LogP contribution is -2.32. The summed E-state index contributed by atoms with van der Waals surface area (Å²) < 4.78 is 0. The van der Waals surface area contributed by atoms with Crippen LogP contribution < -0.4 is 0 Å². The normalized spacial score (nSPS) is 22.7. The molecule has 0 radical (unpaired) electrons. The first-order chi connectivity index (χ1) is 10.3. The topological polar surface area (TPSA) is 0 Å². The second kappa shape index (κ2) is 5.65. The Morgan fingerprint density at radius 1 is 0.957 bits per heavy atom. The van der Waals surface area contributed by atoms with Gasteiger partial charge in [0, 0.05) is 0 Å². The predicted molar refractivity (Wildman–Crippen MR) is 104 cm³/mol. The highest BCUT2D eigenvalue weighted by molar-refractivity contribution is 5.82. The molecule has 0 saturated heterocycles. The van der Waals surface area contributed by atoms with Crippen molar-refractivity contribution in [3.05, 3.63) is 52.6 Å². The number of rotatable bonds is 1. The summed E-state index contributed by atoms with van der Waals surface area (Å²) in [5.74, 6) is 0. The van der Waals surface area contributed by atoms with Gasteiger partial charge in [-0.15, -0.1) is 0 Å². The monoisotopic (exact) mass is 310 g/mol. The van der Waals surface area contributed by atoms with E-state index in [1.807, 2.05) is 0 Å². The van der Waals surface area contributed by atoms with Crippen LogP contribution in [0.4, 0.5) is 0 Å². The van der Waals surface area contributed by atoms with Gasteiger partial charge in [-0.1, -0.05) is 78.8 Å². The van der Waals surface area contributed by atoms with Gasteiger partial charge in [0.1, 0.15) is 0 Å². The second-order valence-electron chi connectivity index (χ2n) is 9.60. The summed E-state index contributed by atoms with van der Waals surface area (Å²) in [5.41, 5.74) is 7.67. The van der Waals surface area contributed by atoms with Gasteiger partial charge in [-0.3, -0.25) is 0 Å². The Morgan fingerprint density at radius 2 is 1.57 bits per heavy atom. The molecule has 2 rings (SSSR count). The lowest BCUT2D eigenvalue weighted by Gasteiger charge is -2.42. The molecule has 0 spiro atoms. The molecule has 1 aromatic carbocycles. The number of hydrogen-bond acceptors (Lipinski definition) is 0.